The van der Waals surface area contributed by atoms with Crippen molar-refractivity contribution >= 4 is 11.9 Å². The van der Waals surface area contributed by atoms with Crippen LogP contribution < -0.4 is 15.0 Å². The first kappa shape index (κ1) is 15.1. The molecule has 120 valence electrons. The van der Waals surface area contributed by atoms with Crippen molar-refractivity contribution in [2.24, 2.45) is 0 Å². The zero-order valence-corrected chi connectivity index (χ0v) is 12.8. The molecule has 1 aliphatic rings. The second kappa shape index (κ2) is 6.99. The molecule has 1 aliphatic heterocycles. The Kier molecular flexibility index (Phi) is 4.60. The molecular weight excluding hydrogens is 296 g/mol. The number of aromatic nitrogens is 4. The molecule has 0 aliphatic carbocycles. The number of carbonyl (C=O) groups excluding carboxylic acids is 1. The minimum absolute atomic E-state index is 0.0287. The first-order valence-corrected chi connectivity index (χ1v) is 7.45. The minimum atomic E-state index is -0.189. The van der Waals surface area contributed by atoms with Crippen LogP contribution in [0.15, 0.2) is 30.9 Å². The summed E-state index contributed by atoms with van der Waals surface area (Å²) in [6.07, 6.45) is 6.46. The standard InChI is InChI=1S/C15H18N6O2/c1-23-13-5-7-17-15(20-13)21-8-2-3-11(9-21)19-14(22)12-4-6-16-10-18-12/h4-7,10-11H,2-3,8-9H2,1H3,(H,19,22). The van der Waals surface area contributed by atoms with E-state index in [1.807, 2.05) is 0 Å². The Labute approximate surface area is 134 Å². The quantitative estimate of drug-likeness (QED) is 0.886. The lowest BCUT2D eigenvalue weighted by Crippen LogP contribution is -2.48. The lowest BCUT2D eigenvalue weighted by atomic mass is 10.1. The van der Waals surface area contributed by atoms with Crippen molar-refractivity contribution in [2.75, 3.05) is 25.1 Å². The fourth-order valence-corrected chi connectivity index (χ4v) is 2.56. The predicted octanol–water partition coefficient (Wildman–Crippen LogP) is 0.674. The maximum atomic E-state index is 12.2. The highest BCUT2D eigenvalue weighted by atomic mass is 16.5. The average Bonchev–Trinajstić information content (AvgIpc) is 2.63. The summed E-state index contributed by atoms with van der Waals surface area (Å²) in [7, 11) is 1.58. The largest absolute Gasteiger partial charge is 0.481 e. The van der Waals surface area contributed by atoms with Crippen LogP contribution in [0, 0.1) is 0 Å². The van der Waals surface area contributed by atoms with Crippen molar-refractivity contribution in [1.82, 2.24) is 25.3 Å². The Morgan fingerprint density at radius 3 is 3.04 bits per heavy atom. The van der Waals surface area contributed by atoms with Gasteiger partial charge < -0.3 is 15.0 Å². The summed E-state index contributed by atoms with van der Waals surface area (Å²) in [5.41, 5.74) is 0.370. The van der Waals surface area contributed by atoms with Gasteiger partial charge >= 0.3 is 0 Å². The summed E-state index contributed by atoms with van der Waals surface area (Å²) < 4.78 is 5.13. The van der Waals surface area contributed by atoms with E-state index in [9.17, 15) is 4.79 Å². The van der Waals surface area contributed by atoms with Gasteiger partial charge in [-0.25, -0.2) is 15.0 Å². The summed E-state index contributed by atoms with van der Waals surface area (Å²) in [4.78, 5) is 30.6. The number of rotatable bonds is 4. The van der Waals surface area contributed by atoms with Gasteiger partial charge in [0.25, 0.3) is 5.91 Å². The molecule has 0 saturated carbocycles. The fraction of sp³-hybridized carbons (Fsp3) is 0.400. The predicted molar refractivity (Wildman–Crippen MR) is 83.3 cm³/mol. The van der Waals surface area contributed by atoms with E-state index < -0.39 is 0 Å². The lowest BCUT2D eigenvalue weighted by Gasteiger charge is -2.33. The molecule has 23 heavy (non-hydrogen) atoms. The van der Waals surface area contributed by atoms with E-state index in [1.54, 1.807) is 31.6 Å². The third-order valence-corrected chi connectivity index (χ3v) is 3.68. The number of methoxy groups -OCH3 is 1. The number of amides is 1. The van der Waals surface area contributed by atoms with Gasteiger partial charge in [-0.15, -0.1) is 0 Å². The molecule has 1 saturated heterocycles. The molecule has 1 N–H and O–H groups in total. The van der Waals surface area contributed by atoms with E-state index in [0.29, 0.717) is 24.1 Å². The highest BCUT2D eigenvalue weighted by molar-refractivity contribution is 5.92. The molecule has 2 aromatic rings. The number of ether oxygens (including phenoxy) is 1. The number of nitrogens with one attached hydrogen (secondary N) is 1. The highest BCUT2D eigenvalue weighted by Crippen LogP contribution is 2.18. The summed E-state index contributed by atoms with van der Waals surface area (Å²) in [6.45, 7) is 1.51. The van der Waals surface area contributed by atoms with Crippen molar-refractivity contribution in [3.63, 3.8) is 0 Å². The van der Waals surface area contributed by atoms with Crippen LogP contribution in [0.5, 0.6) is 5.88 Å². The first-order chi connectivity index (χ1) is 11.3. The van der Waals surface area contributed by atoms with Crippen LogP contribution in [0.3, 0.4) is 0 Å². The Morgan fingerprint density at radius 2 is 2.26 bits per heavy atom. The summed E-state index contributed by atoms with van der Waals surface area (Å²) in [5, 5.41) is 3.01. The fourth-order valence-electron chi connectivity index (χ4n) is 2.56. The molecule has 0 aromatic carbocycles. The average molecular weight is 314 g/mol. The van der Waals surface area contributed by atoms with Gasteiger partial charge in [0, 0.05) is 37.6 Å². The molecule has 8 heteroatoms. The molecule has 1 unspecified atom stereocenters. The zero-order valence-electron chi connectivity index (χ0n) is 12.8. The number of hydrogen-bond acceptors (Lipinski definition) is 7. The Morgan fingerprint density at radius 1 is 1.35 bits per heavy atom. The third-order valence-electron chi connectivity index (χ3n) is 3.68. The van der Waals surface area contributed by atoms with Crippen LogP contribution in [0.2, 0.25) is 0 Å². The van der Waals surface area contributed by atoms with Crippen LogP contribution in [-0.4, -0.2) is 52.1 Å². The maximum absolute atomic E-state index is 12.2. The number of piperidine rings is 1. The van der Waals surface area contributed by atoms with Crippen LogP contribution >= 0.6 is 0 Å². The third kappa shape index (κ3) is 3.71. The molecule has 8 nitrogen and oxygen atoms in total. The normalized spacial score (nSPS) is 17.6. The van der Waals surface area contributed by atoms with E-state index in [-0.39, 0.29) is 11.9 Å². The van der Waals surface area contributed by atoms with Crippen molar-refractivity contribution in [2.45, 2.75) is 18.9 Å². The van der Waals surface area contributed by atoms with Crippen LogP contribution in [0.25, 0.3) is 0 Å². The molecule has 3 rings (SSSR count). The number of hydrogen-bond donors (Lipinski definition) is 1. The second-order valence-corrected chi connectivity index (χ2v) is 5.25. The van der Waals surface area contributed by atoms with E-state index in [0.717, 1.165) is 19.4 Å². The first-order valence-electron chi connectivity index (χ1n) is 7.45. The molecule has 0 spiro atoms. The van der Waals surface area contributed by atoms with Gasteiger partial charge in [-0.05, 0) is 18.9 Å². The molecule has 0 bridgehead atoms. The Bertz CT molecular complexity index is 666. The van der Waals surface area contributed by atoms with Crippen molar-refractivity contribution in [3.05, 3.63) is 36.5 Å². The zero-order chi connectivity index (χ0) is 16.1. The molecule has 1 atom stereocenters. The van der Waals surface area contributed by atoms with E-state index >= 15 is 0 Å². The van der Waals surface area contributed by atoms with Crippen LogP contribution in [-0.2, 0) is 0 Å². The molecule has 1 amide bonds. The number of nitrogens with zero attached hydrogens (tertiary/aromatic N) is 5. The maximum Gasteiger partial charge on any atom is 0.270 e. The Balaban J connectivity index is 1.65. The van der Waals surface area contributed by atoms with Gasteiger partial charge in [0.2, 0.25) is 11.8 Å². The second-order valence-electron chi connectivity index (χ2n) is 5.25. The van der Waals surface area contributed by atoms with Crippen molar-refractivity contribution in [1.29, 1.82) is 0 Å². The molecule has 2 aromatic heterocycles. The summed E-state index contributed by atoms with van der Waals surface area (Å²) in [5.74, 6) is 0.957. The number of anilines is 1. The Hall–Kier alpha value is -2.77. The molecule has 3 heterocycles. The monoisotopic (exact) mass is 314 g/mol. The topological polar surface area (TPSA) is 93.1 Å². The highest BCUT2D eigenvalue weighted by Gasteiger charge is 2.24. The van der Waals surface area contributed by atoms with Crippen molar-refractivity contribution < 1.29 is 9.53 Å². The minimum Gasteiger partial charge on any atom is -0.481 e. The van der Waals surface area contributed by atoms with E-state index in [1.165, 1.54) is 6.33 Å². The van der Waals surface area contributed by atoms with Gasteiger partial charge in [-0.3, -0.25) is 4.79 Å². The number of carbonyl (C=O) groups is 1. The van der Waals surface area contributed by atoms with Crippen molar-refractivity contribution in [3.8, 4) is 5.88 Å². The van der Waals surface area contributed by atoms with Gasteiger partial charge in [0.15, 0.2) is 0 Å². The lowest BCUT2D eigenvalue weighted by molar-refractivity contribution is 0.0927. The smallest absolute Gasteiger partial charge is 0.270 e. The van der Waals surface area contributed by atoms with E-state index in [2.05, 4.69) is 30.2 Å². The summed E-state index contributed by atoms with van der Waals surface area (Å²) >= 11 is 0. The van der Waals surface area contributed by atoms with Gasteiger partial charge in [0.05, 0.1) is 7.11 Å². The molecular formula is C15H18N6O2. The van der Waals surface area contributed by atoms with Crippen LogP contribution in [0.1, 0.15) is 23.3 Å². The van der Waals surface area contributed by atoms with Gasteiger partial charge in [0.1, 0.15) is 12.0 Å². The van der Waals surface area contributed by atoms with Crippen LogP contribution in [0.4, 0.5) is 5.95 Å². The van der Waals surface area contributed by atoms with Gasteiger partial charge in [-0.2, -0.15) is 4.98 Å². The van der Waals surface area contributed by atoms with Gasteiger partial charge in [-0.1, -0.05) is 0 Å². The molecule has 1 fully saturated rings. The summed E-state index contributed by atoms with van der Waals surface area (Å²) in [6, 6.07) is 3.34. The molecule has 0 radical (unpaired) electrons. The SMILES string of the molecule is COc1ccnc(N2CCCC(NC(=O)c3ccncn3)C2)n1. The van der Waals surface area contributed by atoms with E-state index in [4.69, 9.17) is 4.74 Å².